The number of amides is 2. The molecule has 1 heterocycles. The van der Waals surface area contributed by atoms with Crippen molar-refractivity contribution in [2.45, 2.75) is 13.0 Å². The van der Waals surface area contributed by atoms with Gasteiger partial charge in [-0.05, 0) is 55.0 Å². The van der Waals surface area contributed by atoms with Crippen molar-refractivity contribution in [3.63, 3.8) is 0 Å². The lowest BCUT2D eigenvalue weighted by Gasteiger charge is -2.11. The van der Waals surface area contributed by atoms with E-state index in [0.717, 1.165) is 16.9 Å². The fourth-order valence-electron chi connectivity index (χ4n) is 2.42. The molecule has 8 nitrogen and oxygen atoms in total. The topological polar surface area (TPSA) is 113 Å². The van der Waals surface area contributed by atoms with Gasteiger partial charge in [0.25, 0.3) is 0 Å². The number of aromatic hydroxyl groups is 1. The highest BCUT2D eigenvalue weighted by Gasteiger charge is 2.17. The van der Waals surface area contributed by atoms with Crippen molar-refractivity contribution in [3.05, 3.63) is 60.2 Å². The van der Waals surface area contributed by atoms with Gasteiger partial charge in [0.15, 0.2) is 0 Å². The zero-order valence-corrected chi connectivity index (χ0v) is 17.1. The number of carbonyl (C=O) groups excluding carboxylic acids is 2. The van der Waals surface area contributed by atoms with Crippen molar-refractivity contribution in [1.29, 1.82) is 0 Å². The summed E-state index contributed by atoms with van der Waals surface area (Å²) in [6.07, 6.45) is 2.91. The SMILES string of the molecule is COc1ccc(-c2nnc(NC(=O)[C@@H](C)NC(=O)/C=C/c3ccc(O)cc3)s2)cc1. The Labute approximate surface area is 177 Å². The van der Waals surface area contributed by atoms with Crippen LogP contribution in [-0.4, -0.2) is 40.3 Å². The number of phenols is 1. The van der Waals surface area contributed by atoms with Crippen LogP contribution in [0.3, 0.4) is 0 Å². The van der Waals surface area contributed by atoms with Crippen LogP contribution < -0.4 is 15.4 Å². The summed E-state index contributed by atoms with van der Waals surface area (Å²) in [6.45, 7) is 1.58. The number of ether oxygens (including phenoxy) is 1. The number of rotatable bonds is 7. The second kappa shape index (κ2) is 9.66. The predicted molar refractivity (Wildman–Crippen MR) is 115 cm³/mol. The summed E-state index contributed by atoms with van der Waals surface area (Å²) in [6, 6.07) is 13.0. The molecule has 0 bridgehead atoms. The Hall–Kier alpha value is -3.72. The molecule has 2 amide bonds. The van der Waals surface area contributed by atoms with Gasteiger partial charge in [0.2, 0.25) is 16.9 Å². The molecule has 154 valence electrons. The zero-order chi connectivity index (χ0) is 21.5. The van der Waals surface area contributed by atoms with Gasteiger partial charge in [-0.3, -0.25) is 14.9 Å². The van der Waals surface area contributed by atoms with Crippen LogP contribution in [0, 0.1) is 0 Å². The van der Waals surface area contributed by atoms with Gasteiger partial charge in [-0.15, -0.1) is 10.2 Å². The minimum Gasteiger partial charge on any atom is -0.508 e. The van der Waals surface area contributed by atoms with Crippen LogP contribution >= 0.6 is 11.3 Å². The van der Waals surface area contributed by atoms with Gasteiger partial charge in [0, 0.05) is 11.6 Å². The van der Waals surface area contributed by atoms with E-state index in [1.807, 2.05) is 24.3 Å². The average Bonchev–Trinajstić information content (AvgIpc) is 3.21. The van der Waals surface area contributed by atoms with Crippen LogP contribution in [0.15, 0.2) is 54.6 Å². The molecule has 1 aromatic heterocycles. The summed E-state index contributed by atoms with van der Waals surface area (Å²) in [4.78, 5) is 24.4. The van der Waals surface area contributed by atoms with Crippen LogP contribution in [0.4, 0.5) is 5.13 Å². The summed E-state index contributed by atoms with van der Waals surface area (Å²) in [5, 5.41) is 23.6. The van der Waals surface area contributed by atoms with E-state index in [9.17, 15) is 14.7 Å². The van der Waals surface area contributed by atoms with E-state index in [4.69, 9.17) is 4.74 Å². The number of nitrogens with zero attached hydrogens (tertiary/aromatic N) is 2. The second-order valence-corrected chi connectivity index (χ2v) is 7.26. The Morgan fingerprint density at radius 2 is 1.80 bits per heavy atom. The molecule has 0 spiro atoms. The maximum absolute atomic E-state index is 12.3. The first kappa shape index (κ1) is 21.0. The molecule has 0 saturated heterocycles. The smallest absolute Gasteiger partial charge is 0.248 e. The van der Waals surface area contributed by atoms with Gasteiger partial charge >= 0.3 is 0 Å². The molecule has 30 heavy (non-hydrogen) atoms. The lowest BCUT2D eigenvalue weighted by atomic mass is 10.2. The molecule has 3 rings (SSSR count). The minimum absolute atomic E-state index is 0.147. The molecule has 0 unspecified atom stereocenters. The Kier molecular flexibility index (Phi) is 6.76. The Morgan fingerprint density at radius 3 is 2.47 bits per heavy atom. The molecule has 0 aliphatic rings. The summed E-state index contributed by atoms with van der Waals surface area (Å²) in [7, 11) is 1.59. The number of methoxy groups -OCH3 is 1. The Morgan fingerprint density at radius 1 is 1.10 bits per heavy atom. The number of hydrogen-bond donors (Lipinski definition) is 3. The van der Waals surface area contributed by atoms with E-state index in [2.05, 4.69) is 20.8 Å². The Bertz CT molecular complexity index is 1050. The highest BCUT2D eigenvalue weighted by Crippen LogP contribution is 2.27. The van der Waals surface area contributed by atoms with Crippen molar-refractivity contribution < 1.29 is 19.4 Å². The predicted octanol–water partition coefficient (Wildman–Crippen LogP) is 3.08. The van der Waals surface area contributed by atoms with Crippen LogP contribution in [0.25, 0.3) is 16.6 Å². The maximum Gasteiger partial charge on any atom is 0.248 e. The maximum atomic E-state index is 12.3. The monoisotopic (exact) mass is 424 g/mol. The molecule has 0 fully saturated rings. The van der Waals surface area contributed by atoms with Crippen molar-refractivity contribution in [1.82, 2.24) is 15.5 Å². The molecule has 3 aromatic rings. The highest BCUT2D eigenvalue weighted by atomic mass is 32.1. The molecule has 9 heteroatoms. The number of hydrogen-bond acceptors (Lipinski definition) is 7. The number of anilines is 1. The fraction of sp³-hybridized carbons (Fsp3) is 0.143. The third-order valence-corrected chi connectivity index (χ3v) is 4.95. The molecule has 2 aromatic carbocycles. The van der Waals surface area contributed by atoms with Gasteiger partial charge in [-0.2, -0.15) is 0 Å². The number of carbonyl (C=O) groups is 2. The van der Waals surface area contributed by atoms with Crippen LogP contribution in [0.1, 0.15) is 12.5 Å². The third kappa shape index (κ3) is 5.65. The normalized spacial score (nSPS) is 11.8. The van der Waals surface area contributed by atoms with E-state index in [1.54, 1.807) is 32.2 Å². The molecule has 0 aliphatic carbocycles. The lowest BCUT2D eigenvalue weighted by molar-refractivity contribution is -0.123. The van der Waals surface area contributed by atoms with Gasteiger partial charge < -0.3 is 15.2 Å². The van der Waals surface area contributed by atoms with E-state index < -0.39 is 17.9 Å². The zero-order valence-electron chi connectivity index (χ0n) is 16.3. The molecule has 0 aliphatic heterocycles. The number of phenolic OH excluding ortho intramolecular Hbond substituents is 1. The van der Waals surface area contributed by atoms with Gasteiger partial charge in [0.05, 0.1) is 7.11 Å². The van der Waals surface area contributed by atoms with E-state index in [1.165, 1.54) is 29.5 Å². The molecule has 0 saturated carbocycles. The molecule has 0 radical (unpaired) electrons. The van der Waals surface area contributed by atoms with Crippen LogP contribution in [-0.2, 0) is 9.59 Å². The summed E-state index contributed by atoms with van der Waals surface area (Å²) < 4.78 is 5.13. The lowest BCUT2D eigenvalue weighted by Crippen LogP contribution is -2.40. The molecule has 1 atom stereocenters. The van der Waals surface area contributed by atoms with E-state index in [0.29, 0.717) is 10.1 Å². The number of aromatic nitrogens is 2. The van der Waals surface area contributed by atoms with Gasteiger partial charge in [-0.25, -0.2) is 0 Å². The second-order valence-electron chi connectivity index (χ2n) is 6.29. The number of nitrogens with one attached hydrogen (secondary N) is 2. The molecule has 3 N–H and O–H groups in total. The Balaban J connectivity index is 1.54. The first-order valence-electron chi connectivity index (χ1n) is 9.01. The van der Waals surface area contributed by atoms with Gasteiger partial charge in [-0.1, -0.05) is 23.5 Å². The van der Waals surface area contributed by atoms with Crippen LogP contribution in [0.5, 0.6) is 11.5 Å². The number of benzene rings is 2. The van der Waals surface area contributed by atoms with Crippen molar-refractivity contribution >= 4 is 34.4 Å². The minimum atomic E-state index is -0.768. The van der Waals surface area contributed by atoms with Crippen molar-refractivity contribution in [2.24, 2.45) is 0 Å². The first-order chi connectivity index (χ1) is 14.4. The van der Waals surface area contributed by atoms with E-state index >= 15 is 0 Å². The largest absolute Gasteiger partial charge is 0.508 e. The van der Waals surface area contributed by atoms with Crippen molar-refractivity contribution in [3.8, 4) is 22.1 Å². The standard InChI is InChI=1S/C21H20N4O4S/c1-13(22-18(27)12-5-14-3-8-16(26)9-4-14)19(28)23-21-25-24-20(30-21)15-6-10-17(29-2)11-7-15/h3-13,26H,1-2H3,(H,22,27)(H,23,25,28)/b12-5+/t13-/m1/s1. The summed E-state index contributed by atoms with van der Waals surface area (Å²) in [5.74, 6) is 0.0651. The highest BCUT2D eigenvalue weighted by molar-refractivity contribution is 7.18. The molecular formula is C21H20N4O4S. The first-order valence-corrected chi connectivity index (χ1v) is 9.82. The fourth-order valence-corrected chi connectivity index (χ4v) is 3.17. The van der Waals surface area contributed by atoms with Crippen LogP contribution in [0.2, 0.25) is 0 Å². The average molecular weight is 424 g/mol. The molecular weight excluding hydrogens is 404 g/mol. The van der Waals surface area contributed by atoms with Crippen molar-refractivity contribution in [2.75, 3.05) is 12.4 Å². The van der Waals surface area contributed by atoms with E-state index in [-0.39, 0.29) is 5.75 Å². The third-order valence-electron chi connectivity index (χ3n) is 4.06. The quantitative estimate of drug-likeness (QED) is 0.503. The van der Waals surface area contributed by atoms with Gasteiger partial charge in [0.1, 0.15) is 22.5 Å². The summed E-state index contributed by atoms with van der Waals surface area (Å²) in [5.41, 5.74) is 1.61. The summed E-state index contributed by atoms with van der Waals surface area (Å²) >= 11 is 1.23.